The molecular formula is C17H28FN. The van der Waals surface area contributed by atoms with Crippen LogP contribution in [0.2, 0.25) is 0 Å². The van der Waals surface area contributed by atoms with Gasteiger partial charge in [-0.1, -0.05) is 39.2 Å². The van der Waals surface area contributed by atoms with Crippen LogP contribution in [0.15, 0.2) is 48.2 Å². The SMILES string of the molecule is C=C(C)CC(=C)C(=C)/C=C(\CF)N(CCC)CCC. The zero-order chi connectivity index (χ0) is 14.8. The molecule has 0 aromatic rings. The maximum Gasteiger partial charge on any atom is 0.129 e. The summed E-state index contributed by atoms with van der Waals surface area (Å²) in [5, 5.41) is 0. The Morgan fingerprint density at radius 1 is 1.11 bits per heavy atom. The molecule has 0 atom stereocenters. The van der Waals surface area contributed by atoms with Crippen molar-refractivity contribution in [1.29, 1.82) is 0 Å². The van der Waals surface area contributed by atoms with Crippen LogP contribution >= 0.6 is 0 Å². The quantitative estimate of drug-likeness (QED) is 0.395. The van der Waals surface area contributed by atoms with E-state index in [1.807, 2.05) is 13.0 Å². The van der Waals surface area contributed by atoms with Gasteiger partial charge >= 0.3 is 0 Å². The van der Waals surface area contributed by atoms with Crippen LogP contribution in [0.5, 0.6) is 0 Å². The summed E-state index contributed by atoms with van der Waals surface area (Å²) in [6, 6.07) is 0. The van der Waals surface area contributed by atoms with Crippen molar-refractivity contribution in [3.05, 3.63) is 48.2 Å². The number of alkyl halides is 1. The molecule has 0 aliphatic heterocycles. The lowest BCUT2D eigenvalue weighted by Crippen LogP contribution is -2.26. The van der Waals surface area contributed by atoms with Gasteiger partial charge in [-0.15, -0.1) is 0 Å². The van der Waals surface area contributed by atoms with Gasteiger partial charge in [-0.3, -0.25) is 0 Å². The van der Waals surface area contributed by atoms with Crippen LogP contribution in [0, 0.1) is 0 Å². The number of halogens is 1. The number of nitrogens with zero attached hydrogens (tertiary/aromatic N) is 1. The number of hydrogen-bond acceptors (Lipinski definition) is 1. The summed E-state index contributed by atoms with van der Waals surface area (Å²) in [5.41, 5.74) is 3.45. The Kier molecular flexibility index (Phi) is 8.94. The van der Waals surface area contributed by atoms with E-state index in [1.54, 1.807) is 0 Å². The third kappa shape index (κ3) is 7.00. The van der Waals surface area contributed by atoms with Crippen LogP contribution in [-0.2, 0) is 0 Å². The van der Waals surface area contributed by atoms with Crippen molar-refractivity contribution in [3.63, 3.8) is 0 Å². The lowest BCUT2D eigenvalue weighted by atomic mass is 10.0. The molecule has 0 saturated heterocycles. The van der Waals surface area contributed by atoms with Gasteiger partial charge in [-0.25, -0.2) is 4.39 Å². The molecule has 0 radical (unpaired) electrons. The molecule has 0 rings (SSSR count). The largest absolute Gasteiger partial charge is 0.373 e. The minimum Gasteiger partial charge on any atom is -0.373 e. The molecule has 108 valence electrons. The van der Waals surface area contributed by atoms with Crippen molar-refractivity contribution >= 4 is 0 Å². The molecule has 0 amide bonds. The summed E-state index contributed by atoms with van der Waals surface area (Å²) < 4.78 is 13.2. The summed E-state index contributed by atoms with van der Waals surface area (Å²) in [7, 11) is 0. The molecule has 19 heavy (non-hydrogen) atoms. The Hall–Kier alpha value is -1.31. The maximum atomic E-state index is 13.2. The van der Waals surface area contributed by atoms with Crippen molar-refractivity contribution in [2.45, 2.75) is 40.0 Å². The highest BCUT2D eigenvalue weighted by atomic mass is 19.1. The first kappa shape index (κ1) is 17.7. The lowest BCUT2D eigenvalue weighted by molar-refractivity contribution is 0.311. The van der Waals surface area contributed by atoms with Crippen molar-refractivity contribution < 1.29 is 4.39 Å². The van der Waals surface area contributed by atoms with Gasteiger partial charge in [0, 0.05) is 18.8 Å². The summed E-state index contributed by atoms with van der Waals surface area (Å²) >= 11 is 0. The summed E-state index contributed by atoms with van der Waals surface area (Å²) in [5.74, 6) is 0. The first-order valence-corrected chi connectivity index (χ1v) is 6.99. The highest BCUT2D eigenvalue weighted by molar-refractivity contribution is 5.39. The number of rotatable bonds is 10. The van der Waals surface area contributed by atoms with Gasteiger partial charge < -0.3 is 4.90 Å². The zero-order valence-electron chi connectivity index (χ0n) is 12.8. The molecule has 0 aromatic heterocycles. The van der Waals surface area contributed by atoms with Gasteiger partial charge in [-0.2, -0.15) is 0 Å². The van der Waals surface area contributed by atoms with E-state index in [1.165, 1.54) is 0 Å². The van der Waals surface area contributed by atoms with Crippen LogP contribution in [-0.4, -0.2) is 24.7 Å². The molecule has 0 N–H and O–H groups in total. The average Bonchev–Trinajstić information content (AvgIpc) is 2.34. The third-order valence-electron chi connectivity index (χ3n) is 2.84. The van der Waals surface area contributed by atoms with Crippen molar-refractivity contribution in [3.8, 4) is 0 Å². The monoisotopic (exact) mass is 265 g/mol. The third-order valence-corrected chi connectivity index (χ3v) is 2.84. The van der Waals surface area contributed by atoms with Gasteiger partial charge in [0.15, 0.2) is 0 Å². The Morgan fingerprint density at radius 3 is 2.00 bits per heavy atom. The topological polar surface area (TPSA) is 3.24 Å². The minimum absolute atomic E-state index is 0.459. The van der Waals surface area contributed by atoms with E-state index in [0.29, 0.717) is 5.70 Å². The second kappa shape index (κ2) is 9.60. The van der Waals surface area contributed by atoms with Crippen molar-refractivity contribution in [2.24, 2.45) is 0 Å². The molecule has 0 saturated carbocycles. The van der Waals surface area contributed by atoms with E-state index in [0.717, 1.165) is 49.1 Å². The molecule has 0 spiro atoms. The van der Waals surface area contributed by atoms with Crippen molar-refractivity contribution in [1.82, 2.24) is 4.90 Å². The Labute approximate surface area is 118 Å². The van der Waals surface area contributed by atoms with Crippen LogP contribution in [0.25, 0.3) is 0 Å². The smallest absolute Gasteiger partial charge is 0.129 e. The van der Waals surface area contributed by atoms with Gasteiger partial charge in [-0.05, 0) is 43.4 Å². The molecule has 0 fully saturated rings. The number of hydrogen-bond donors (Lipinski definition) is 0. The van der Waals surface area contributed by atoms with Crippen LogP contribution in [0.4, 0.5) is 4.39 Å². The second-order valence-electron chi connectivity index (χ2n) is 5.02. The molecule has 0 aromatic carbocycles. The predicted molar refractivity (Wildman–Crippen MR) is 83.9 cm³/mol. The molecule has 2 heteroatoms. The minimum atomic E-state index is -0.459. The number of allylic oxidation sites excluding steroid dienone is 5. The summed E-state index contributed by atoms with van der Waals surface area (Å²) in [6.07, 6.45) is 4.57. The standard InChI is InChI=1S/C17H28FN/c1-7-9-19(10-8-2)17(13-18)12-16(6)15(5)11-14(3)4/h12H,3,5-11,13H2,1-2,4H3/b17-12+. The van der Waals surface area contributed by atoms with Crippen LogP contribution < -0.4 is 0 Å². The van der Waals surface area contributed by atoms with E-state index < -0.39 is 6.67 Å². The highest BCUT2D eigenvalue weighted by Gasteiger charge is 2.09. The molecule has 1 nitrogen and oxygen atoms in total. The Bertz CT molecular complexity index is 346. The first-order valence-electron chi connectivity index (χ1n) is 6.99. The maximum absolute atomic E-state index is 13.2. The van der Waals surface area contributed by atoms with Crippen molar-refractivity contribution in [2.75, 3.05) is 19.8 Å². The molecule has 0 aliphatic rings. The first-order chi connectivity index (χ1) is 8.96. The summed E-state index contributed by atoms with van der Waals surface area (Å²) in [6.45, 7) is 19.3. The van der Waals surface area contributed by atoms with E-state index in [4.69, 9.17) is 0 Å². The predicted octanol–water partition coefficient (Wildman–Crippen LogP) is 5.04. The van der Waals surface area contributed by atoms with Gasteiger partial charge in [0.2, 0.25) is 0 Å². The van der Waals surface area contributed by atoms with E-state index in [9.17, 15) is 4.39 Å². The van der Waals surface area contributed by atoms with Crippen LogP contribution in [0.3, 0.4) is 0 Å². The highest BCUT2D eigenvalue weighted by Crippen LogP contribution is 2.19. The van der Waals surface area contributed by atoms with Gasteiger partial charge in [0.1, 0.15) is 6.67 Å². The molecule has 0 heterocycles. The zero-order valence-corrected chi connectivity index (χ0v) is 12.8. The normalized spacial score (nSPS) is 11.3. The fourth-order valence-electron chi connectivity index (χ4n) is 1.93. The molecular weight excluding hydrogens is 237 g/mol. The van der Waals surface area contributed by atoms with Gasteiger partial charge in [0.25, 0.3) is 0 Å². The van der Waals surface area contributed by atoms with E-state index in [-0.39, 0.29) is 0 Å². The second-order valence-corrected chi connectivity index (χ2v) is 5.02. The molecule has 0 unspecified atom stereocenters. The van der Waals surface area contributed by atoms with Gasteiger partial charge in [0.05, 0.1) is 0 Å². The van der Waals surface area contributed by atoms with E-state index >= 15 is 0 Å². The average molecular weight is 265 g/mol. The molecule has 0 aliphatic carbocycles. The van der Waals surface area contributed by atoms with Crippen LogP contribution in [0.1, 0.15) is 40.0 Å². The summed E-state index contributed by atoms with van der Waals surface area (Å²) in [4.78, 5) is 2.10. The Balaban J connectivity index is 4.88. The lowest BCUT2D eigenvalue weighted by Gasteiger charge is -2.25. The Morgan fingerprint density at radius 2 is 1.63 bits per heavy atom. The fourth-order valence-corrected chi connectivity index (χ4v) is 1.93. The van der Waals surface area contributed by atoms with E-state index in [2.05, 4.69) is 38.5 Å². The fraction of sp³-hybridized carbons (Fsp3) is 0.529. The molecule has 0 bridgehead atoms.